The number of hydrogen-bond acceptors (Lipinski definition) is 5. The summed E-state index contributed by atoms with van der Waals surface area (Å²) in [6, 6.07) is 1.89. The first-order chi connectivity index (χ1) is 7.69. The third-order valence-corrected chi connectivity index (χ3v) is 3.45. The van der Waals surface area contributed by atoms with Crippen molar-refractivity contribution in [2.75, 3.05) is 20.0 Å². The van der Waals surface area contributed by atoms with Gasteiger partial charge in [0.15, 0.2) is 11.4 Å². The molecule has 6 heteroatoms. The fourth-order valence-electron chi connectivity index (χ4n) is 1.55. The van der Waals surface area contributed by atoms with E-state index in [9.17, 15) is 0 Å². The SMILES string of the molecule is COCc1cc(OC)c2c(N)noc2c1I. The molecule has 0 saturated heterocycles. The van der Waals surface area contributed by atoms with E-state index in [0.717, 1.165) is 9.13 Å². The van der Waals surface area contributed by atoms with Crippen LogP contribution in [0.25, 0.3) is 11.0 Å². The number of hydrogen-bond donors (Lipinski definition) is 1. The smallest absolute Gasteiger partial charge is 0.186 e. The van der Waals surface area contributed by atoms with Gasteiger partial charge in [-0.25, -0.2) is 0 Å². The molecule has 1 aromatic heterocycles. The molecule has 0 fully saturated rings. The highest BCUT2D eigenvalue weighted by Crippen LogP contribution is 2.36. The molecule has 1 aromatic carbocycles. The van der Waals surface area contributed by atoms with E-state index in [1.807, 2.05) is 6.07 Å². The fraction of sp³-hybridized carbons (Fsp3) is 0.300. The van der Waals surface area contributed by atoms with Crippen LogP contribution in [0.3, 0.4) is 0 Å². The van der Waals surface area contributed by atoms with E-state index < -0.39 is 0 Å². The third kappa shape index (κ3) is 1.71. The highest BCUT2D eigenvalue weighted by molar-refractivity contribution is 14.1. The van der Waals surface area contributed by atoms with E-state index >= 15 is 0 Å². The second-order valence-electron chi connectivity index (χ2n) is 3.26. The van der Waals surface area contributed by atoms with Crippen molar-refractivity contribution in [3.8, 4) is 5.75 Å². The molecule has 0 amide bonds. The van der Waals surface area contributed by atoms with Crippen LogP contribution in [-0.4, -0.2) is 19.4 Å². The lowest BCUT2D eigenvalue weighted by molar-refractivity contribution is 0.184. The Morgan fingerprint density at radius 2 is 2.25 bits per heavy atom. The minimum atomic E-state index is 0.341. The molecule has 2 aromatic rings. The lowest BCUT2D eigenvalue weighted by Crippen LogP contribution is -1.96. The molecule has 0 atom stereocenters. The maximum Gasteiger partial charge on any atom is 0.186 e. The van der Waals surface area contributed by atoms with E-state index in [-0.39, 0.29) is 0 Å². The zero-order valence-corrected chi connectivity index (χ0v) is 11.1. The maximum atomic E-state index is 5.73. The van der Waals surface area contributed by atoms with Gasteiger partial charge in [-0.3, -0.25) is 0 Å². The number of fused-ring (bicyclic) bond motifs is 1. The van der Waals surface area contributed by atoms with Crippen molar-refractivity contribution in [3.05, 3.63) is 15.2 Å². The van der Waals surface area contributed by atoms with Gasteiger partial charge in [0.25, 0.3) is 0 Å². The van der Waals surface area contributed by atoms with Gasteiger partial charge in [0.1, 0.15) is 11.1 Å². The molecule has 16 heavy (non-hydrogen) atoms. The monoisotopic (exact) mass is 334 g/mol. The van der Waals surface area contributed by atoms with Crippen molar-refractivity contribution in [3.63, 3.8) is 0 Å². The van der Waals surface area contributed by atoms with Gasteiger partial charge < -0.3 is 19.7 Å². The van der Waals surface area contributed by atoms with E-state index in [4.69, 9.17) is 19.7 Å². The number of benzene rings is 1. The Balaban J connectivity index is 2.74. The molecule has 0 spiro atoms. The van der Waals surface area contributed by atoms with Gasteiger partial charge in [-0.05, 0) is 34.2 Å². The summed E-state index contributed by atoms with van der Waals surface area (Å²) in [6.45, 7) is 0.491. The normalized spacial score (nSPS) is 10.9. The first-order valence-corrected chi connectivity index (χ1v) is 5.66. The van der Waals surface area contributed by atoms with Gasteiger partial charge >= 0.3 is 0 Å². The highest BCUT2D eigenvalue weighted by Gasteiger charge is 2.17. The van der Waals surface area contributed by atoms with Crippen LogP contribution in [0.2, 0.25) is 0 Å². The molecular formula is C10H11IN2O3. The number of nitrogens with zero attached hydrogens (tertiary/aromatic N) is 1. The number of ether oxygens (including phenoxy) is 2. The zero-order valence-electron chi connectivity index (χ0n) is 8.91. The van der Waals surface area contributed by atoms with Crippen molar-refractivity contribution in [2.45, 2.75) is 6.61 Å². The Morgan fingerprint density at radius 1 is 1.50 bits per heavy atom. The van der Waals surface area contributed by atoms with Gasteiger partial charge in [-0.1, -0.05) is 5.16 Å². The number of halogens is 1. The molecule has 86 valence electrons. The molecule has 0 saturated carbocycles. The van der Waals surface area contributed by atoms with Crippen molar-refractivity contribution in [2.24, 2.45) is 0 Å². The first-order valence-electron chi connectivity index (χ1n) is 4.58. The molecule has 0 aliphatic rings. The number of nitrogens with two attached hydrogens (primary N) is 1. The van der Waals surface area contributed by atoms with Crippen molar-refractivity contribution >= 4 is 39.4 Å². The summed E-state index contributed by atoms with van der Waals surface area (Å²) in [4.78, 5) is 0. The summed E-state index contributed by atoms with van der Waals surface area (Å²) < 4.78 is 16.5. The van der Waals surface area contributed by atoms with Crippen LogP contribution >= 0.6 is 22.6 Å². The Bertz CT molecular complexity index is 524. The van der Waals surface area contributed by atoms with Crippen LogP contribution in [0.15, 0.2) is 10.6 Å². The Labute approximate surface area is 106 Å². The Hall–Kier alpha value is -1.02. The summed E-state index contributed by atoms with van der Waals surface area (Å²) >= 11 is 2.18. The number of aromatic nitrogens is 1. The van der Waals surface area contributed by atoms with Crippen molar-refractivity contribution in [1.82, 2.24) is 5.16 Å². The lowest BCUT2D eigenvalue weighted by atomic mass is 10.1. The van der Waals surface area contributed by atoms with Crippen LogP contribution in [0.1, 0.15) is 5.56 Å². The van der Waals surface area contributed by atoms with Crippen LogP contribution in [0.4, 0.5) is 5.82 Å². The standard InChI is InChI=1S/C10H11IN2O3/c1-14-4-5-3-6(15-2)7-9(8(5)11)16-13-10(7)12/h3H,4H2,1-2H3,(H2,12,13). The van der Waals surface area contributed by atoms with Crippen molar-refractivity contribution in [1.29, 1.82) is 0 Å². The first kappa shape index (κ1) is 11.5. The van der Waals surface area contributed by atoms with E-state index in [0.29, 0.717) is 29.1 Å². The third-order valence-electron chi connectivity index (χ3n) is 2.27. The minimum absolute atomic E-state index is 0.341. The summed E-state index contributed by atoms with van der Waals surface area (Å²) in [5.74, 6) is 0.995. The number of anilines is 1. The maximum absolute atomic E-state index is 5.73. The predicted molar refractivity (Wildman–Crippen MR) is 68.4 cm³/mol. The van der Waals surface area contributed by atoms with Gasteiger partial charge in [0.2, 0.25) is 0 Å². The molecule has 5 nitrogen and oxygen atoms in total. The summed E-state index contributed by atoms with van der Waals surface area (Å²) in [5.41, 5.74) is 7.36. The summed E-state index contributed by atoms with van der Waals surface area (Å²) in [7, 11) is 3.23. The molecule has 0 unspecified atom stereocenters. The van der Waals surface area contributed by atoms with Crippen LogP contribution in [0.5, 0.6) is 5.75 Å². The number of rotatable bonds is 3. The average Bonchev–Trinajstić information content (AvgIpc) is 2.66. The zero-order chi connectivity index (χ0) is 11.7. The van der Waals surface area contributed by atoms with Crippen LogP contribution in [-0.2, 0) is 11.3 Å². The Morgan fingerprint density at radius 3 is 2.88 bits per heavy atom. The quantitative estimate of drug-likeness (QED) is 0.871. The van der Waals surface area contributed by atoms with Gasteiger partial charge in [-0.15, -0.1) is 0 Å². The molecular weight excluding hydrogens is 323 g/mol. The molecule has 0 radical (unpaired) electrons. The lowest BCUT2D eigenvalue weighted by Gasteiger charge is -2.07. The number of nitrogen functional groups attached to an aromatic ring is 1. The van der Waals surface area contributed by atoms with Gasteiger partial charge in [0, 0.05) is 7.11 Å². The molecule has 1 heterocycles. The molecule has 0 aliphatic heterocycles. The Kier molecular flexibility index (Phi) is 3.20. The molecule has 2 rings (SSSR count). The highest BCUT2D eigenvalue weighted by atomic mass is 127. The molecule has 2 N–H and O–H groups in total. The van der Waals surface area contributed by atoms with E-state index in [2.05, 4.69) is 27.7 Å². The minimum Gasteiger partial charge on any atom is -0.496 e. The molecule has 0 aliphatic carbocycles. The van der Waals surface area contributed by atoms with E-state index in [1.165, 1.54) is 0 Å². The predicted octanol–water partition coefficient (Wildman–Crippen LogP) is 2.17. The largest absolute Gasteiger partial charge is 0.496 e. The number of methoxy groups -OCH3 is 2. The van der Waals surface area contributed by atoms with Gasteiger partial charge in [0.05, 0.1) is 17.3 Å². The second-order valence-corrected chi connectivity index (χ2v) is 4.34. The summed E-state index contributed by atoms with van der Waals surface area (Å²) in [6.07, 6.45) is 0. The average molecular weight is 334 g/mol. The van der Waals surface area contributed by atoms with E-state index in [1.54, 1.807) is 14.2 Å². The van der Waals surface area contributed by atoms with Crippen LogP contribution < -0.4 is 10.5 Å². The van der Waals surface area contributed by atoms with Crippen molar-refractivity contribution < 1.29 is 14.0 Å². The fourth-order valence-corrected chi connectivity index (χ4v) is 2.23. The van der Waals surface area contributed by atoms with Gasteiger partial charge in [-0.2, -0.15) is 0 Å². The second kappa shape index (κ2) is 4.46. The molecule has 0 bridgehead atoms. The summed E-state index contributed by atoms with van der Waals surface area (Å²) in [5, 5.41) is 4.46. The topological polar surface area (TPSA) is 70.5 Å². The van der Waals surface area contributed by atoms with Crippen LogP contribution in [0, 0.1) is 3.57 Å².